The molecular weight excluding hydrogens is 476 g/mol. The molecule has 0 unspecified atom stereocenters. The van der Waals surface area contributed by atoms with Gasteiger partial charge in [-0.1, -0.05) is 15.9 Å². The third-order valence-corrected chi connectivity index (χ3v) is 6.19. The van der Waals surface area contributed by atoms with E-state index in [2.05, 4.69) is 38.3 Å². The van der Waals surface area contributed by atoms with Crippen LogP contribution in [0.3, 0.4) is 0 Å². The van der Waals surface area contributed by atoms with Crippen LogP contribution in [0.2, 0.25) is 0 Å². The van der Waals surface area contributed by atoms with Crippen LogP contribution in [0.1, 0.15) is 39.9 Å². The molecule has 174 valence electrons. The van der Waals surface area contributed by atoms with Crippen molar-refractivity contribution in [3.8, 4) is 17.2 Å². The fourth-order valence-corrected chi connectivity index (χ4v) is 4.57. The quantitative estimate of drug-likeness (QED) is 0.479. The van der Waals surface area contributed by atoms with Crippen LogP contribution >= 0.6 is 15.9 Å². The molecule has 7 nitrogen and oxygen atoms in total. The van der Waals surface area contributed by atoms with E-state index < -0.39 is 0 Å². The number of amides is 1. The van der Waals surface area contributed by atoms with Crippen molar-refractivity contribution in [1.29, 1.82) is 0 Å². The standard InChI is InChI=1S/C24H31BrN2O5/c1-30-21-11-16-6-9-27(14-17(16)12-22(21)31-2)8-5-4-7-26-24(29)20-13-19(25)10-18(15-28)23(20)32-3/h10-13,28H,4-9,14-15H2,1-3H3,(H,26,29). The summed E-state index contributed by atoms with van der Waals surface area (Å²) in [5.41, 5.74) is 3.59. The van der Waals surface area contributed by atoms with Crippen molar-refractivity contribution in [1.82, 2.24) is 10.2 Å². The van der Waals surface area contributed by atoms with Crippen LogP contribution < -0.4 is 19.5 Å². The average Bonchev–Trinajstić information content (AvgIpc) is 2.81. The first-order valence-corrected chi connectivity index (χ1v) is 11.5. The van der Waals surface area contributed by atoms with Crippen LogP contribution in [-0.4, -0.2) is 56.9 Å². The number of hydrogen-bond acceptors (Lipinski definition) is 6. The Labute approximate surface area is 197 Å². The summed E-state index contributed by atoms with van der Waals surface area (Å²) in [5.74, 6) is 1.75. The van der Waals surface area contributed by atoms with Gasteiger partial charge in [-0.05, 0) is 61.2 Å². The summed E-state index contributed by atoms with van der Waals surface area (Å²) in [6, 6.07) is 7.62. The lowest BCUT2D eigenvalue weighted by Crippen LogP contribution is -2.32. The van der Waals surface area contributed by atoms with Gasteiger partial charge in [-0.25, -0.2) is 0 Å². The number of carbonyl (C=O) groups is 1. The molecule has 8 heteroatoms. The van der Waals surface area contributed by atoms with E-state index in [-0.39, 0.29) is 12.5 Å². The third-order valence-electron chi connectivity index (χ3n) is 5.73. The molecule has 2 aromatic carbocycles. The van der Waals surface area contributed by atoms with Crippen LogP contribution in [0, 0.1) is 0 Å². The first-order valence-electron chi connectivity index (χ1n) is 10.7. The minimum atomic E-state index is -0.203. The fraction of sp³-hybridized carbons (Fsp3) is 0.458. The van der Waals surface area contributed by atoms with Crippen LogP contribution in [0.4, 0.5) is 0 Å². The number of carbonyl (C=O) groups excluding carboxylic acids is 1. The summed E-state index contributed by atoms with van der Waals surface area (Å²) < 4.78 is 16.9. The van der Waals surface area contributed by atoms with Gasteiger partial charge in [0.25, 0.3) is 5.91 Å². The molecule has 0 saturated carbocycles. The highest BCUT2D eigenvalue weighted by Gasteiger charge is 2.20. The maximum atomic E-state index is 12.6. The molecule has 0 bridgehead atoms. The number of rotatable bonds is 10. The number of fused-ring (bicyclic) bond motifs is 1. The molecule has 1 aliphatic rings. The Morgan fingerprint density at radius 3 is 2.44 bits per heavy atom. The minimum absolute atomic E-state index is 0.194. The van der Waals surface area contributed by atoms with Crippen molar-refractivity contribution in [2.45, 2.75) is 32.4 Å². The van der Waals surface area contributed by atoms with Crippen molar-refractivity contribution in [3.05, 3.63) is 51.0 Å². The number of ether oxygens (including phenoxy) is 3. The first-order chi connectivity index (χ1) is 15.5. The van der Waals surface area contributed by atoms with E-state index >= 15 is 0 Å². The monoisotopic (exact) mass is 506 g/mol. The minimum Gasteiger partial charge on any atom is -0.496 e. The highest BCUT2D eigenvalue weighted by Crippen LogP contribution is 2.33. The van der Waals surface area contributed by atoms with Crippen LogP contribution in [0.25, 0.3) is 0 Å². The van der Waals surface area contributed by atoms with E-state index in [4.69, 9.17) is 14.2 Å². The SMILES string of the molecule is COc1cc2c(cc1OC)CN(CCCCNC(=O)c1cc(Br)cc(CO)c1OC)CC2. The Balaban J connectivity index is 1.48. The zero-order valence-corrected chi connectivity index (χ0v) is 20.5. The van der Waals surface area contributed by atoms with Crippen LogP contribution in [-0.2, 0) is 19.6 Å². The maximum Gasteiger partial charge on any atom is 0.255 e. The lowest BCUT2D eigenvalue weighted by molar-refractivity contribution is 0.0949. The Morgan fingerprint density at radius 1 is 1.06 bits per heavy atom. The fourth-order valence-electron chi connectivity index (χ4n) is 4.07. The van der Waals surface area contributed by atoms with Crippen LogP contribution in [0.15, 0.2) is 28.7 Å². The van der Waals surface area contributed by atoms with E-state index in [1.807, 2.05) is 0 Å². The van der Waals surface area contributed by atoms with E-state index in [1.54, 1.807) is 26.4 Å². The highest BCUT2D eigenvalue weighted by molar-refractivity contribution is 9.10. The van der Waals surface area contributed by atoms with E-state index in [0.717, 1.165) is 54.9 Å². The lowest BCUT2D eigenvalue weighted by atomic mass is 9.98. The Morgan fingerprint density at radius 2 is 1.78 bits per heavy atom. The van der Waals surface area contributed by atoms with E-state index in [0.29, 0.717) is 23.4 Å². The number of halogens is 1. The summed E-state index contributed by atoms with van der Waals surface area (Å²) in [6.45, 7) is 3.26. The topological polar surface area (TPSA) is 80.3 Å². The maximum absolute atomic E-state index is 12.6. The molecule has 1 aliphatic heterocycles. The Kier molecular flexibility index (Phi) is 8.78. The normalized spacial score (nSPS) is 13.4. The van der Waals surface area contributed by atoms with Crippen molar-refractivity contribution in [2.75, 3.05) is 41.0 Å². The smallest absolute Gasteiger partial charge is 0.255 e. The molecule has 1 amide bonds. The second-order valence-corrected chi connectivity index (χ2v) is 8.68. The van der Waals surface area contributed by atoms with E-state index in [9.17, 15) is 9.90 Å². The summed E-state index contributed by atoms with van der Waals surface area (Å²) in [7, 11) is 4.82. The number of nitrogens with one attached hydrogen (secondary N) is 1. The molecule has 0 fully saturated rings. The molecule has 0 atom stereocenters. The molecule has 1 heterocycles. The zero-order chi connectivity index (χ0) is 23.1. The predicted molar refractivity (Wildman–Crippen MR) is 127 cm³/mol. The summed E-state index contributed by atoms with van der Waals surface area (Å²) >= 11 is 3.38. The van der Waals surface area contributed by atoms with Gasteiger partial charge in [0.1, 0.15) is 5.75 Å². The average molecular weight is 507 g/mol. The van der Waals surface area contributed by atoms with Gasteiger partial charge < -0.3 is 24.6 Å². The van der Waals surface area contributed by atoms with Gasteiger partial charge in [-0.3, -0.25) is 9.69 Å². The number of aliphatic hydroxyl groups excluding tert-OH is 1. The summed E-state index contributed by atoms with van der Waals surface area (Å²) in [4.78, 5) is 15.1. The zero-order valence-electron chi connectivity index (χ0n) is 18.9. The third kappa shape index (κ3) is 5.74. The number of methoxy groups -OCH3 is 3. The van der Waals surface area contributed by atoms with Crippen molar-refractivity contribution in [2.24, 2.45) is 0 Å². The Hall–Kier alpha value is -2.29. The van der Waals surface area contributed by atoms with E-state index in [1.165, 1.54) is 18.2 Å². The number of hydrogen-bond donors (Lipinski definition) is 2. The Bertz CT molecular complexity index is 950. The largest absolute Gasteiger partial charge is 0.496 e. The number of nitrogens with zero attached hydrogens (tertiary/aromatic N) is 1. The van der Waals surface area contributed by atoms with Crippen molar-refractivity contribution >= 4 is 21.8 Å². The molecule has 3 rings (SSSR count). The molecule has 0 saturated heterocycles. The van der Waals surface area contributed by atoms with Gasteiger partial charge in [-0.2, -0.15) is 0 Å². The molecule has 2 N–H and O–H groups in total. The molecule has 2 aromatic rings. The summed E-state index contributed by atoms with van der Waals surface area (Å²) in [5, 5.41) is 12.5. The second kappa shape index (κ2) is 11.5. The predicted octanol–water partition coefficient (Wildman–Crippen LogP) is 3.54. The molecule has 0 spiro atoms. The van der Waals surface area contributed by atoms with Gasteiger partial charge in [0, 0.05) is 29.7 Å². The van der Waals surface area contributed by atoms with Gasteiger partial charge in [0.15, 0.2) is 11.5 Å². The molecule has 0 aromatic heterocycles. The van der Waals surface area contributed by atoms with Crippen LogP contribution in [0.5, 0.6) is 17.2 Å². The molecule has 32 heavy (non-hydrogen) atoms. The first kappa shape index (κ1) is 24.4. The lowest BCUT2D eigenvalue weighted by Gasteiger charge is -2.29. The van der Waals surface area contributed by atoms with Crippen molar-refractivity contribution < 1.29 is 24.1 Å². The number of unbranched alkanes of at least 4 members (excludes halogenated alkanes) is 1. The highest BCUT2D eigenvalue weighted by atomic mass is 79.9. The van der Waals surface area contributed by atoms with Gasteiger partial charge >= 0.3 is 0 Å². The van der Waals surface area contributed by atoms with Crippen molar-refractivity contribution in [3.63, 3.8) is 0 Å². The second-order valence-electron chi connectivity index (χ2n) is 7.77. The van der Waals surface area contributed by atoms with Gasteiger partial charge in [0.05, 0.1) is 33.5 Å². The molecule has 0 radical (unpaired) electrons. The molecule has 0 aliphatic carbocycles. The van der Waals surface area contributed by atoms with Gasteiger partial charge in [0.2, 0.25) is 0 Å². The molecular formula is C24H31BrN2O5. The number of aliphatic hydroxyl groups is 1. The summed E-state index contributed by atoms with van der Waals surface area (Å²) in [6.07, 6.45) is 2.85. The van der Waals surface area contributed by atoms with Gasteiger partial charge in [-0.15, -0.1) is 0 Å². The number of benzene rings is 2.